The van der Waals surface area contributed by atoms with Gasteiger partial charge in [-0.25, -0.2) is 13.4 Å². The molecule has 2 aromatic carbocycles. The number of aromatic nitrogens is 1. The first-order valence-corrected chi connectivity index (χ1v) is 14.4. The van der Waals surface area contributed by atoms with Crippen LogP contribution in [0.1, 0.15) is 19.4 Å². The van der Waals surface area contributed by atoms with Crippen LogP contribution >= 0.6 is 23.1 Å². The quantitative estimate of drug-likeness (QED) is 0.393. The van der Waals surface area contributed by atoms with Crippen LogP contribution in [0.5, 0.6) is 0 Å². The lowest BCUT2D eigenvalue weighted by Crippen LogP contribution is -2.39. The van der Waals surface area contributed by atoms with Gasteiger partial charge in [-0.1, -0.05) is 37.3 Å². The SMILES string of the molecule is CCN(CC)CCN(C(=O)Cc1ccc(SC)cc1)c1nc2ccc(S(C)(=O)=O)cc2s1. The molecule has 0 aliphatic rings. The molecule has 0 aliphatic carbocycles. The largest absolute Gasteiger partial charge is 0.302 e. The van der Waals surface area contributed by atoms with Crippen LogP contribution in [0.2, 0.25) is 0 Å². The van der Waals surface area contributed by atoms with Crippen LogP contribution in [0.15, 0.2) is 52.3 Å². The van der Waals surface area contributed by atoms with Crippen molar-refractivity contribution in [1.29, 1.82) is 0 Å². The number of carbonyl (C=O) groups is 1. The molecule has 1 heterocycles. The summed E-state index contributed by atoms with van der Waals surface area (Å²) in [5.74, 6) is -0.0172. The van der Waals surface area contributed by atoms with Gasteiger partial charge in [-0.3, -0.25) is 9.69 Å². The van der Waals surface area contributed by atoms with E-state index in [0.29, 0.717) is 17.2 Å². The minimum atomic E-state index is -3.31. The number of rotatable bonds is 10. The zero-order valence-corrected chi connectivity index (χ0v) is 21.3. The molecule has 0 saturated heterocycles. The van der Waals surface area contributed by atoms with Crippen LogP contribution in [0, 0.1) is 0 Å². The topological polar surface area (TPSA) is 70.6 Å². The number of thioether (sulfide) groups is 1. The maximum atomic E-state index is 13.3. The predicted molar refractivity (Wildman–Crippen MR) is 135 cm³/mol. The Labute approximate surface area is 198 Å². The number of hydrogen-bond acceptors (Lipinski definition) is 7. The van der Waals surface area contributed by atoms with Crippen LogP contribution in [0.3, 0.4) is 0 Å². The summed E-state index contributed by atoms with van der Waals surface area (Å²) in [5.41, 5.74) is 1.66. The average molecular weight is 492 g/mol. The van der Waals surface area contributed by atoms with Gasteiger partial charge in [0, 0.05) is 24.2 Å². The van der Waals surface area contributed by atoms with E-state index in [0.717, 1.165) is 34.8 Å². The average Bonchev–Trinajstić information content (AvgIpc) is 3.19. The number of benzene rings is 2. The van der Waals surface area contributed by atoms with Crippen LogP contribution in [0.4, 0.5) is 5.13 Å². The molecule has 6 nitrogen and oxygen atoms in total. The molecule has 0 radical (unpaired) electrons. The number of likely N-dealkylation sites (N-methyl/N-ethyl adjacent to an activating group) is 1. The van der Waals surface area contributed by atoms with Crippen molar-refractivity contribution in [3.8, 4) is 0 Å². The van der Waals surface area contributed by atoms with Crippen molar-refractivity contribution in [3.05, 3.63) is 48.0 Å². The second-order valence-electron chi connectivity index (χ2n) is 7.50. The fraction of sp³-hybridized carbons (Fsp3) is 0.391. The third-order valence-corrected chi connectivity index (χ3v) is 8.25. The van der Waals surface area contributed by atoms with E-state index in [1.807, 2.05) is 30.5 Å². The Morgan fingerprint density at radius 2 is 1.75 bits per heavy atom. The summed E-state index contributed by atoms with van der Waals surface area (Å²) in [4.78, 5) is 23.4. The van der Waals surface area contributed by atoms with E-state index < -0.39 is 9.84 Å². The van der Waals surface area contributed by atoms with Crippen molar-refractivity contribution in [1.82, 2.24) is 9.88 Å². The summed E-state index contributed by atoms with van der Waals surface area (Å²) >= 11 is 3.02. The summed E-state index contributed by atoms with van der Waals surface area (Å²) in [6, 6.07) is 12.9. The number of thiazole rings is 1. The highest BCUT2D eigenvalue weighted by atomic mass is 32.2. The van der Waals surface area contributed by atoms with E-state index >= 15 is 0 Å². The second kappa shape index (κ2) is 10.8. The number of fused-ring (bicyclic) bond motifs is 1. The molecule has 0 aliphatic heterocycles. The summed E-state index contributed by atoms with van der Waals surface area (Å²) in [5, 5.41) is 0.601. The normalized spacial score (nSPS) is 11.9. The van der Waals surface area contributed by atoms with Crippen molar-refractivity contribution in [2.45, 2.75) is 30.1 Å². The van der Waals surface area contributed by atoms with Crippen molar-refractivity contribution in [2.75, 3.05) is 43.6 Å². The van der Waals surface area contributed by atoms with Gasteiger partial charge in [-0.2, -0.15) is 0 Å². The Hall–Kier alpha value is -1.94. The fourth-order valence-corrected chi connectivity index (χ4v) is 5.54. The van der Waals surface area contributed by atoms with E-state index in [-0.39, 0.29) is 17.2 Å². The number of amides is 1. The highest BCUT2D eigenvalue weighted by Crippen LogP contribution is 2.31. The van der Waals surface area contributed by atoms with Gasteiger partial charge in [0.25, 0.3) is 0 Å². The lowest BCUT2D eigenvalue weighted by atomic mass is 10.1. The summed E-state index contributed by atoms with van der Waals surface area (Å²) < 4.78 is 24.6. The van der Waals surface area contributed by atoms with Crippen molar-refractivity contribution in [3.63, 3.8) is 0 Å². The Morgan fingerprint density at radius 1 is 1.06 bits per heavy atom. The van der Waals surface area contributed by atoms with Crippen LogP contribution in [0.25, 0.3) is 10.2 Å². The van der Waals surface area contributed by atoms with E-state index in [2.05, 4.69) is 23.7 Å². The third kappa shape index (κ3) is 6.10. The molecule has 0 bridgehead atoms. The molecule has 1 amide bonds. The van der Waals surface area contributed by atoms with Crippen LogP contribution < -0.4 is 4.90 Å². The Balaban J connectivity index is 1.91. The monoisotopic (exact) mass is 491 g/mol. The van der Waals surface area contributed by atoms with Gasteiger partial charge in [0.05, 0.1) is 21.5 Å². The number of anilines is 1. The van der Waals surface area contributed by atoms with Crippen molar-refractivity contribution in [2.24, 2.45) is 0 Å². The molecule has 0 unspecified atom stereocenters. The maximum Gasteiger partial charge on any atom is 0.233 e. The van der Waals surface area contributed by atoms with Gasteiger partial charge in [0.2, 0.25) is 5.91 Å². The summed E-state index contributed by atoms with van der Waals surface area (Å²) in [6.45, 7) is 7.30. The summed E-state index contributed by atoms with van der Waals surface area (Å²) in [7, 11) is -3.31. The van der Waals surface area contributed by atoms with Gasteiger partial charge in [0.1, 0.15) is 0 Å². The van der Waals surface area contributed by atoms with E-state index in [1.54, 1.807) is 34.9 Å². The first kappa shape index (κ1) is 24.7. The lowest BCUT2D eigenvalue weighted by molar-refractivity contribution is -0.118. The minimum Gasteiger partial charge on any atom is -0.302 e. The lowest BCUT2D eigenvalue weighted by Gasteiger charge is -2.24. The molecule has 9 heteroatoms. The number of sulfone groups is 1. The minimum absolute atomic E-state index is 0.0172. The van der Waals surface area contributed by atoms with Crippen molar-refractivity contribution < 1.29 is 13.2 Å². The predicted octanol–water partition coefficient (Wildman–Crippen LogP) is 4.34. The van der Waals surface area contributed by atoms with Gasteiger partial charge in [-0.15, -0.1) is 11.8 Å². The van der Waals surface area contributed by atoms with Crippen LogP contribution in [-0.2, 0) is 21.1 Å². The van der Waals surface area contributed by atoms with E-state index in [1.165, 1.54) is 17.6 Å². The number of hydrogen-bond donors (Lipinski definition) is 0. The highest BCUT2D eigenvalue weighted by Gasteiger charge is 2.21. The molecule has 172 valence electrons. The molecular weight excluding hydrogens is 462 g/mol. The highest BCUT2D eigenvalue weighted by molar-refractivity contribution is 7.98. The molecule has 32 heavy (non-hydrogen) atoms. The van der Waals surface area contributed by atoms with Crippen LogP contribution in [-0.4, -0.2) is 62.9 Å². The van der Waals surface area contributed by atoms with E-state index in [4.69, 9.17) is 0 Å². The third-order valence-electron chi connectivity index (χ3n) is 5.36. The fourth-order valence-electron chi connectivity index (χ4n) is 3.36. The molecule has 3 rings (SSSR count). The first-order chi connectivity index (χ1) is 15.2. The van der Waals surface area contributed by atoms with Gasteiger partial charge < -0.3 is 4.90 Å². The number of carbonyl (C=O) groups excluding carboxylic acids is 1. The first-order valence-electron chi connectivity index (χ1n) is 10.5. The Morgan fingerprint density at radius 3 is 2.34 bits per heavy atom. The summed E-state index contributed by atoms with van der Waals surface area (Å²) in [6.07, 6.45) is 3.51. The van der Waals surface area contributed by atoms with Crippen molar-refractivity contribution >= 4 is 54.2 Å². The zero-order valence-electron chi connectivity index (χ0n) is 18.9. The molecule has 0 fully saturated rings. The van der Waals surface area contributed by atoms with Gasteiger partial charge in [0.15, 0.2) is 15.0 Å². The molecule has 0 saturated carbocycles. The molecule has 0 atom stereocenters. The Kier molecular flexibility index (Phi) is 8.32. The smallest absolute Gasteiger partial charge is 0.233 e. The zero-order chi connectivity index (χ0) is 23.3. The molecule has 1 aromatic heterocycles. The van der Waals surface area contributed by atoms with E-state index in [9.17, 15) is 13.2 Å². The second-order valence-corrected chi connectivity index (χ2v) is 11.4. The molecule has 3 aromatic rings. The van der Waals surface area contributed by atoms with Gasteiger partial charge in [-0.05, 0) is 55.2 Å². The van der Waals surface area contributed by atoms with Gasteiger partial charge >= 0.3 is 0 Å². The molecule has 0 spiro atoms. The molecule has 0 N–H and O–H groups in total. The maximum absolute atomic E-state index is 13.3. The molecular formula is C23H29N3O3S3. The Bertz CT molecular complexity index is 1170. The number of nitrogens with zero attached hydrogens (tertiary/aromatic N) is 3. The standard InChI is InChI=1S/C23H29N3O3S3/c1-5-25(6-2)13-14-26(22(27)15-17-7-9-18(30-3)10-8-17)23-24-20-12-11-19(32(4,28)29)16-21(20)31-23/h7-12,16H,5-6,13-15H2,1-4H3.